The van der Waals surface area contributed by atoms with Crippen LogP contribution in [0.1, 0.15) is 78.1 Å². The van der Waals surface area contributed by atoms with Gasteiger partial charge in [-0.2, -0.15) is 0 Å². The van der Waals surface area contributed by atoms with Crippen molar-refractivity contribution in [1.82, 2.24) is 0 Å². The van der Waals surface area contributed by atoms with E-state index < -0.39 is 0 Å². The lowest BCUT2D eigenvalue weighted by atomic mass is 9.82. The fourth-order valence-electron chi connectivity index (χ4n) is 3.21. The average molecular weight is 326 g/mol. The Morgan fingerprint density at radius 1 is 0.870 bits per heavy atom. The van der Waals surface area contributed by atoms with Crippen LogP contribution in [0.4, 0.5) is 0 Å². The number of rotatable bonds is 10. The maximum absolute atomic E-state index is 12.0. The van der Waals surface area contributed by atoms with Gasteiger partial charge in [-0.1, -0.05) is 46.0 Å². The normalized spacial score (nSPS) is 21.2. The van der Waals surface area contributed by atoms with Gasteiger partial charge in [0.2, 0.25) is 0 Å². The summed E-state index contributed by atoms with van der Waals surface area (Å²) in [4.78, 5) is 23.5. The summed E-state index contributed by atoms with van der Waals surface area (Å²) in [6.07, 6.45) is 10.2. The second-order valence-electron chi connectivity index (χ2n) is 7.19. The Morgan fingerprint density at radius 3 is 1.96 bits per heavy atom. The van der Waals surface area contributed by atoms with E-state index in [4.69, 9.17) is 9.47 Å². The molecular weight excluding hydrogens is 292 g/mol. The summed E-state index contributed by atoms with van der Waals surface area (Å²) in [7, 11) is 1.42. The van der Waals surface area contributed by atoms with E-state index in [9.17, 15) is 9.59 Å². The van der Waals surface area contributed by atoms with Crippen LogP contribution in [-0.2, 0) is 19.1 Å². The molecule has 134 valence electrons. The Labute approximate surface area is 141 Å². The summed E-state index contributed by atoms with van der Waals surface area (Å²) < 4.78 is 10.2. The SMILES string of the molecule is COC(=O)C1CCC(C(=O)OCCCCCCCC(C)C)CC1. The first-order valence-corrected chi connectivity index (χ1v) is 9.29. The van der Waals surface area contributed by atoms with Crippen LogP contribution in [0, 0.1) is 17.8 Å². The van der Waals surface area contributed by atoms with Crippen LogP contribution in [0.15, 0.2) is 0 Å². The minimum Gasteiger partial charge on any atom is -0.469 e. The number of ether oxygens (including phenoxy) is 2. The smallest absolute Gasteiger partial charge is 0.308 e. The van der Waals surface area contributed by atoms with Crippen LogP contribution in [0.25, 0.3) is 0 Å². The zero-order valence-corrected chi connectivity index (χ0v) is 15.1. The van der Waals surface area contributed by atoms with Gasteiger partial charge in [0.1, 0.15) is 0 Å². The Balaban J connectivity index is 2.02. The minimum atomic E-state index is -0.144. The molecule has 4 nitrogen and oxygen atoms in total. The van der Waals surface area contributed by atoms with Gasteiger partial charge in [-0.3, -0.25) is 9.59 Å². The van der Waals surface area contributed by atoms with E-state index in [2.05, 4.69) is 13.8 Å². The van der Waals surface area contributed by atoms with Gasteiger partial charge in [0.25, 0.3) is 0 Å². The van der Waals surface area contributed by atoms with Gasteiger partial charge in [0, 0.05) is 0 Å². The fraction of sp³-hybridized carbons (Fsp3) is 0.895. The summed E-state index contributed by atoms with van der Waals surface area (Å²) >= 11 is 0. The highest BCUT2D eigenvalue weighted by Gasteiger charge is 2.31. The lowest BCUT2D eigenvalue weighted by molar-refractivity contribution is -0.153. The number of carbonyl (C=O) groups excluding carboxylic acids is 2. The van der Waals surface area contributed by atoms with E-state index in [0.717, 1.165) is 44.4 Å². The third kappa shape index (κ3) is 8.38. The van der Waals surface area contributed by atoms with Crippen LogP contribution in [-0.4, -0.2) is 25.7 Å². The molecule has 1 saturated carbocycles. The number of esters is 2. The summed E-state index contributed by atoms with van der Waals surface area (Å²) in [5.41, 5.74) is 0. The Bertz CT molecular complexity index is 343. The molecule has 0 aromatic rings. The second-order valence-corrected chi connectivity index (χ2v) is 7.19. The quantitative estimate of drug-likeness (QED) is 0.438. The molecule has 0 saturated heterocycles. The predicted octanol–water partition coefficient (Wildman–Crippen LogP) is 4.51. The van der Waals surface area contributed by atoms with Crippen LogP contribution in [0.2, 0.25) is 0 Å². The lowest BCUT2D eigenvalue weighted by Gasteiger charge is -2.25. The molecule has 4 heteroatoms. The van der Waals surface area contributed by atoms with E-state index >= 15 is 0 Å². The molecular formula is C19H34O4. The van der Waals surface area contributed by atoms with Crippen molar-refractivity contribution in [3.8, 4) is 0 Å². The summed E-state index contributed by atoms with van der Waals surface area (Å²) in [5, 5.41) is 0. The van der Waals surface area contributed by atoms with Gasteiger partial charge in [-0.15, -0.1) is 0 Å². The summed E-state index contributed by atoms with van der Waals surface area (Å²) in [6, 6.07) is 0. The van der Waals surface area contributed by atoms with Gasteiger partial charge >= 0.3 is 11.9 Å². The molecule has 0 atom stereocenters. The number of hydrogen-bond acceptors (Lipinski definition) is 4. The molecule has 1 aliphatic carbocycles. The van der Waals surface area contributed by atoms with E-state index in [1.807, 2.05) is 0 Å². The molecule has 23 heavy (non-hydrogen) atoms. The molecule has 0 aliphatic heterocycles. The maximum atomic E-state index is 12.0. The van der Waals surface area contributed by atoms with Gasteiger partial charge in [-0.25, -0.2) is 0 Å². The molecule has 1 rings (SSSR count). The zero-order valence-electron chi connectivity index (χ0n) is 15.1. The largest absolute Gasteiger partial charge is 0.469 e. The third-order valence-corrected chi connectivity index (χ3v) is 4.77. The van der Waals surface area contributed by atoms with Gasteiger partial charge in [0.05, 0.1) is 25.6 Å². The molecule has 0 amide bonds. The van der Waals surface area contributed by atoms with Crippen molar-refractivity contribution in [2.75, 3.05) is 13.7 Å². The lowest BCUT2D eigenvalue weighted by Crippen LogP contribution is -2.28. The summed E-state index contributed by atoms with van der Waals surface area (Å²) in [6.45, 7) is 5.07. The maximum Gasteiger partial charge on any atom is 0.308 e. The van der Waals surface area contributed by atoms with Crippen LogP contribution >= 0.6 is 0 Å². The first kappa shape index (κ1) is 20.0. The standard InChI is InChI=1S/C19H34O4/c1-15(2)9-7-5-4-6-8-14-23-19(21)17-12-10-16(11-13-17)18(20)22-3/h15-17H,4-14H2,1-3H3. The van der Waals surface area contributed by atoms with Crippen molar-refractivity contribution in [2.45, 2.75) is 78.1 Å². The molecule has 0 N–H and O–H groups in total. The van der Waals surface area contributed by atoms with Crippen LogP contribution < -0.4 is 0 Å². The van der Waals surface area contributed by atoms with Crippen molar-refractivity contribution in [1.29, 1.82) is 0 Å². The number of carbonyl (C=O) groups is 2. The van der Waals surface area contributed by atoms with Gasteiger partial charge < -0.3 is 9.47 Å². The number of unbranched alkanes of at least 4 members (excludes halogenated alkanes) is 4. The third-order valence-electron chi connectivity index (χ3n) is 4.77. The van der Waals surface area contributed by atoms with Crippen molar-refractivity contribution in [3.63, 3.8) is 0 Å². The molecule has 0 aromatic heterocycles. The van der Waals surface area contributed by atoms with Crippen LogP contribution in [0.5, 0.6) is 0 Å². The zero-order chi connectivity index (χ0) is 17.1. The molecule has 0 bridgehead atoms. The second kappa shape index (κ2) is 11.5. The van der Waals surface area contributed by atoms with E-state index in [-0.39, 0.29) is 23.8 Å². The van der Waals surface area contributed by atoms with Crippen molar-refractivity contribution in [2.24, 2.45) is 17.8 Å². The highest BCUT2D eigenvalue weighted by Crippen LogP contribution is 2.30. The van der Waals surface area contributed by atoms with Gasteiger partial charge in [-0.05, 0) is 38.0 Å². The molecule has 0 spiro atoms. The molecule has 0 heterocycles. The predicted molar refractivity (Wildman–Crippen MR) is 91.0 cm³/mol. The highest BCUT2D eigenvalue weighted by molar-refractivity contribution is 5.75. The van der Waals surface area contributed by atoms with Crippen LogP contribution in [0.3, 0.4) is 0 Å². The van der Waals surface area contributed by atoms with E-state index in [0.29, 0.717) is 6.61 Å². The fourth-order valence-corrected chi connectivity index (χ4v) is 3.21. The summed E-state index contributed by atoms with van der Waals surface area (Å²) in [5.74, 6) is 0.518. The van der Waals surface area contributed by atoms with Crippen molar-refractivity contribution >= 4 is 11.9 Å². The molecule has 0 unspecified atom stereocenters. The first-order chi connectivity index (χ1) is 11.0. The Kier molecular flexibility index (Phi) is 9.97. The van der Waals surface area contributed by atoms with E-state index in [1.54, 1.807) is 0 Å². The molecule has 1 aliphatic rings. The Hall–Kier alpha value is -1.06. The monoisotopic (exact) mass is 326 g/mol. The van der Waals surface area contributed by atoms with Crippen molar-refractivity contribution < 1.29 is 19.1 Å². The number of methoxy groups -OCH3 is 1. The Morgan fingerprint density at radius 2 is 1.39 bits per heavy atom. The molecule has 0 radical (unpaired) electrons. The molecule has 0 aromatic carbocycles. The number of hydrogen-bond donors (Lipinski definition) is 0. The highest BCUT2D eigenvalue weighted by atomic mass is 16.5. The van der Waals surface area contributed by atoms with Gasteiger partial charge in [0.15, 0.2) is 0 Å². The first-order valence-electron chi connectivity index (χ1n) is 9.29. The average Bonchev–Trinajstić information content (AvgIpc) is 2.56. The topological polar surface area (TPSA) is 52.6 Å². The molecule has 1 fully saturated rings. The minimum absolute atomic E-state index is 0.0260. The van der Waals surface area contributed by atoms with E-state index in [1.165, 1.54) is 32.8 Å². The van der Waals surface area contributed by atoms with Crippen molar-refractivity contribution in [3.05, 3.63) is 0 Å².